The molecule has 2 saturated heterocycles. The Morgan fingerprint density at radius 2 is 2.50 bits per heavy atom. The smallest absolute Gasteiger partial charge is 0.131 e. The first-order valence-electron chi connectivity index (χ1n) is 4.28. The van der Waals surface area contributed by atoms with Crippen LogP contribution in [-0.2, 0) is 9.47 Å². The molecule has 4 nitrogen and oxygen atoms in total. The average Bonchev–Trinajstić information content (AvgIpc) is 2.56. The van der Waals surface area contributed by atoms with Crippen LogP contribution in [0.5, 0.6) is 0 Å². The predicted molar refractivity (Wildman–Crippen MR) is 43.0 cm³/mol. The highest BCUT2D eigenvalue weighted by molar-refractivity contribution is 5.12. The number of morpholine rings is 1. The third-order valence-corrected chi connectivity index (χ3v) is 2.93. The molecule has 2 aliphatic rings. The summed E-state index contributed by atoms with van der Waals surface area (Å²) in [4.78, 5) is 0. The van der Waals surface area contributed by atoms with Crippen molar-refractivity contribution in [2.75, 3.05) is 20.3 Å². The molecule has 0 amide bonds. The van der Waals surface area contributed by atoms with E-state index in [1.165, 1.54) is 0 Å². The number of ether oxygens (including phenoxy) is 2. The van der Waals surface area contributed by atoms with Gasteiger partial charge in [0.1, 0.15) is 11.7 Å². The molecule has 4 heteroatoms. The van der Waals surface area contributed by atoms with Crippen LogP contribution in [0.2, 0.25) is 0 Å². The van der Waals surface area contributed by atoms with E-state index in [9.17, 15) is 5.11 Å². The molecule has 2 bridgehead atoms. The highest BCUT2D eigenvalue weighted by Crippen LogP contribution is 2.37. The van der Waals surface area contributed by atoms with E-state index in [0.717, 1.165) is 0 Å². The third kappa shape index (κ3) is 0.864. The van der Waals surface area contributed by atoms with Gasteiger partial charge >= 0.3 is 0 Å². The van der Waals surface area contributed by atoms with E-state index in [1.54, 1.807) is 7.11 Å². The first-order chi connectivity index (χ1) is 5.73. The summed E-state index contributed by atoms with van der Waals surface area (Å²) >= 11 is 0. The quantitative estimate of drug-likeness (QED) is 0.569. The number of rotatable bonds is 2. The maximum atomic E-state index is 9.22. The second kappa shape index (κ2) is 2.67. The molecule has 0 aliphatic carbocycles. The van der Waals surface area contributed by atoms with Gasteiger partial charge in [0.2, 0.25) is 0 Å². The zero-order chi connectivity index (χ0) is 8.77. The molecule has 2 aliphatic heterocycles. The number of methoxy groups -OCH3 is 1. The van der Waals surface area contributed by atoms with Crippen molar-refractivity contribution in [3.05, 3.63) is 0 Å². The van der Waals surface area contributed by atoms with Crippen molar-refractivity contribution >= 4 is 0 Å². The van der Waals surface area contributed by atoms with Gasteiger partial charge in [0.05, 0.1) is 18.8 Å². The van der Waals surface area contributed by atoms with Crippen LogP contribution in [0.3, 0.4) is 0 Å². The number of hydrogen-bond acceptors (Lipinski definition) is 4. The summed E-state index contributed by atoms with van der Waals surface area (Å²) < 4.78 is 11.0. The van der Waals surface area contributed by atoms with Crippen LogP contribution in [0.15, 0.2) is 0 Å². The first kappa shape index (κ1) is 8.44. The van der Waals surface area contributed by atoms with Crippen LogP contribution in [-0.4, -0.2) is 49.2 Å². The second-order valence-corrected chi connectivity index (χ2v) is 3.61. The lowest BCUT2D eigenvalue weighted by molar-refractivity contribution is -0.111. The third-order valence-electron chi connectivity index (χ3n) is 2.93. The molecule has 0 aromatic carbocycles. The van der Waals surface area contributed by atoms with Gasteiger partial charge in [-0.15, -0.1) is 0 Å². The van der Waals surface area contributed by atoms with E-state index in [1.807, 2.05) is 6.92 Å². The fourth-order valence-corrected chi connectivity index (χ4v) is 2.33. The Morgan fingerprint density at radius 1 is 1.75 bits per heavy atom. The molecule has 4 atom stereocenters. The fraction of sp³-hybridized carbons (Fsp3) is 1.00. The zero-order valence-corrected chi connectivity index (χ0v) is 7.41. The molecule has 0 aromatic heterocycles. The molecule has 2 N–H and O–H groups in total. The Hall–Kier alpha value is -0.160. The van der Waals surface area contributed by atoms with Gasteiger partial charge in [0, 0.05) is 13.7 Å². The number of aliphatic hydroxyl groups excluding tert-OH is 1. The molecule has 2 heterocycles. The average molecular weight is 173 g/mol. The monoisotopic (exact) mass is 173 g/mol. The lowest BCUT2D eigenvalue weighted by Gasteiger charge is -2.28. The molecule has 70 valence electrons. The molecule has 2 fully saturated rings. The van der Waals surface area contributed by atoms with Gasteiger partial charge in [-0.25, -0.2) is 0 Å². The van der Waals surface area contributed by atoms with Crippen LogP contribution < -0.4 is 5.32 Å². The van der Waals surface area contributed by atoms with Crippen LogP contribution in [0.1, 0.15) is 6.92 Å². The Labute approximate surface area is 71.9 Å². The van der Waals surface area contributed by atoms with Crippen LogP contribution in [0.4, 0.5) is 0 Å². The SMILES string of the molecule is COC1[C@H]2NC[C@@]1(CO)O[C@H]2C. The second-order valence-electron chi connectivity index (χ2n) is 3.61. The van der Waals surface area contributed by atoms with Gasteiger partial charge in [0.25, 0.3) is 0 Å². The fourth-order valence-electron chi connectivity index (χ4n) is 2.33. The number of nitrogens with one attached hydrogen (secondary N) is 1. The van der Waals surface area contributed by atoms with Crippen LogP contribution in [0, 0.1) is 0 Å². The van der Waals surface area contributed by atoms with Gasteiger partial charge in [0.15, 0.2) is 0 Å². The number of aliphatic hydroxyl groups is 1. The van der Waals surface area contributed by atoms with Gasteiger partial charge in [-0.05, 0) is 6.92 Å². The van der Waals surface area contributed by atoms with Gasteiger partial charge < -0.3 is 19.9 Å². The highest BCUT2D eigenvalue weighted by Gasteiger charge is 2.58. The van der Waals surface area contributed by atoms with Crippen molar-refractivity contribution in [2.45, 2.75) is 30.8 Å². The molecular weight excluding hydrogens is 158 g/mol. The van der Waals surface area contributed by atoms with E-state index >= 15 is 0 Å². The maximum Gasteiger partial charge on any atom is 0.131 e. The van der Waals surface area contributed by atoms with E-state index in [0.29, 0.717) is 6.54 Å². The minimum absolute atomic E-state index is 0.00231. The lowest BCUT2D eigenvalue weighted by Crippen LogP contribution is -2.47. The Kier molecular flexibility index (Phi) is 1.88. The molecule has 1 unspecified atom stereocenters. The summed E-state index contributed by atoms with van der Waals surface area (Å²) in [7, 11) is 1.66. The van der Waals surface area contributed by atoms with Gasteiger partial charge in [-0.1, -0.05) is 0 Å². The standard InChI is InChI=1S/C8H15NO3/c1-5-6-7(11-2)8(4-10,12-5)3-9-6/h5-7,9-10H,3-4H2,1-2H3/t5-,6-,7?,8-/m0/s1. The van der Waals surface area contributed by atoms with Crippen molar-refractivity contribution < 1.29 is 14.6 Å². The van der Waals surface area contributed by atoms with E-state index in [2.05, 4.69) is 5.32 Å². The van der Waals surface area contributed by atoms with Gasteiger partial charge in [-0.2, -0.15) is 0 Å². The van der Waals surface area contributed by atoms with Crippen molar-refractivity contribution in [1.82, 2.24) is 5.32 Å². The minimum Gasteiger partial charge on any atom is -0.393 e. The minimum atomic E-state index is -0.487. The molecule has 0 aromatic rings. The van der Waals surface area contributed by atoms with Crippen LogP contribution >= 0.6 is 0 Å². The van der Waals surface area contributed by atoms with Crippen molar-refractivity contribution in [2.24, 2.45) is 0 Å². The Morgan fingerprint density at radius 3 is 2.92 bits per heavy atom. The normalized spacial score (nSPS) is 51.8. The van der Waals surface area contributed by atoms with Crippen LogP contribution in [0.25, 0.3) is 0 Å². The molecule has 0 spiro atoms. The summed E-state index contributed by atoms with van der Waals surface area (Å²) in [5.41, 5.74) is -0.487. The Balaban J connectivity index is 2.23. The molecular formula is C8H15NO3. The first-order valence-corrected chi connectivity index (χ1v) is 4.28. The van der Waals surface area contributed by atoms with Crippen molar-refractivity contribution in [3.63, 3.8) is 0 Å². The largest absolute Gasteiger partial charge is 0.393 e. The summed E-state index contributed by atoms with van der Waals surface area (Å²) in [6.45, 7) is 2.72. The Bertz CT molecular complexity index is 187. The zero-order valence-electron chi connectivity index (χ0n) is 7.41. The van der Waals surface area contributed by atoms with E-state index in [-0.39, 0.29) is 24.9 Å². The molecule has 0 radical (unpaired) electrons. The van der Waals surface area contributed by atoms with E-state index in [4.69, 9.17) is 9.47 Å². The summed E-state index contributed by atoms with van der Waals surface area (Å²) in [5.74, 6) is 0. The number of fused-ring (bicyclic) bond motifs is 2. The summed E-state index contributed by atoms with van der Waals surface area (Å²) in [6, 6.07) is 0.238. The molecule has 2 rings (SSSR count). The topological polar surface area (TPSA) is 50.7 Å². The molecule has 12 heavy (non-hydrogen) atoms. The molecule has 0 saturated carbocycles. The van der Waals surface area contributed by atoms with Crippen molar-refractivity contribution in [3.8, 4) is 0 Å². The summed E-state index contributed by atoms with van der Waals surface area (Å²) in [5, 5.41) is 12.5. The maximum absolute atomic E-state index is 9.22. The number of hydrogen-bond donors (Lipinski definition) is 2. The lowest BCUT2D eigenvalue weighted by atomic mass is 10.00. The predicted octanol–water partition coefficient (Wildman–Crippen LogP) is -0.877. The van der Waals surface area contributed by atoms with Gasteiger partial charge in [-0.3, -0.25) is 0 Å². The van der Waals surface area contributed by atoms with E-state index < -0.39 is 5.60 Å². The van der Waals surface area contributed by atoms with Crippen molar-refractivity contribution in [1.29, 1.82) is 0 Å². The summed E-state index contributed by atoms with van der Waals surface area (Å²) in [6.07, 6.45) is 0.133. The highest BCUT2D eigenvalue weighted by atomic mass is 16.6.